The van der Waals surface area contributed by atoms with E-state index in [1.54, 1.807) is 18.4 Å². The number of rotatable bonds is 3. The molecule has 0 bridgehead atoms. The van der Waals surface area contributed by atoms with Crippen LogP contribution >= 0.6 is 0 Å². The van der Waals surface area contributed by atoms with Crippen molar-refractivity contribution in [3.8, 4) is 11.9 Å². The highest BCUT2D eigenvalue weighted by atomic mass is 16.5. The second-order valence-corrected chi connectivity index (χ2v) is 3.10. The summed E-state index contributed by atoms with van der Waals surface area (Å²) in [5.74, 6) is 0.987. The molecule has 0 fully saturated rings. The molecule has 0 aliphatic rings. The Bertz CT molecular complexity index is 515. The first-order valence-corrected chi connectivity index (χ1v) is 4.60. The lowest BCUT2D eigenvalue weighted by molar-refractivity contribution is 0.262. The fourth-order valence-electron chi connectivity index (χ4n) is 1.19. The summed E-state index contributed by atoms with van der Waals surface area (Å²) in [6.07, 6.45) is 2.97. The highest BCUT2D eigenvalue weighted by Crippen LogP contribution is 2.19. The van der Waals surface area contributed by atoms with Crippen LogP contribution < -0.4 is 10.5 Å². The van der Waals surface area contributed by atoms with Crippen LogP contribution in [0.3, 0.4) is 0 Å². The van der Waals surface area contributed by atoms with Gasteiger partial charge in [-0.2, -0.15) is 5.26 Å². The molecular weight excluding hydrogens is 206 g/mol. The Labute approximate surface area is 92.1 Å². The van der Waals surface area contributed by atoms with E-state index in [9.17, 15) is 0 Å². The van der Waals surface area contributed by atoms with E-state index in [1.807, 2.05) is 6.07 Å². The van der Waals surface area contributed by atoms with Crippen molar-refractivity contribution in [3.05, 3.63) is 42.0 Å². The van der Waals surface area contributed by atoms with Gasteiger partial charge in [-0.05, 0) is 18.2 Å². The van der Waals surface area contributed by atoms with Gasteiger partial charge in [-0.15, -0.1) is 0 Å². The predicted octanol–water partition coefficient (Wildman–Crippen LogP) is 1.71. The third-order valence-corrected chi connectivity index (χ3v) is 1.94. The van der Waals surface area contributed by atoms with Crippen LogP contribution in [0, 0.1) is 11.3 Å². The van der Waals surface area contributed by atoms with Gasteiger partial charge in [0.15, 0.2) is 0 Å². The van der Waals surface area contributed by atoms with Gasteiger partial charge < -0.3 is 14.9 Å². The van der Waals surface area contributed by atoms with Crippen LogP contribution in [-0.2, 0) is 6.61 Å². The predicted molar refractivity (Wildman–Crippen MR) is 56.4 cm³/mol. The van der Waals surface area contributed by atoms with Crippen LogP contribution in [0.25, 0.3) is 0 Å². The van der Waals surface area contributed by atoms with Crippen LogP contribution in [0.4, 0.5) is 5.69 Å². The van der Waals surface area contributed by atoms with Gasteiger partial charge in [-0.1, -0.05) is 0 Å². The lowest BCUT2D eigenvalue weighted by Gasteiger charge is -2.05. The molecule has 0 radical (unpaired) electrons. The van der Waals surface area contributed by atoms with Gasteiger partial charge in [0.1, 0.15) is 18.4 Å². The monoisotopic (exact) mass is 215 g/mol. The summed E-state index contributed by atoms with van der Waals surface area (Å²) in [6, 6.07) is 7.03. The van der Waals surface area contributed by atoms with Crippen molar-refractivity contribution < 1.29 is 9.15 Å². The molecule has 16 heavy (non-hydrogen) atoms. The van der Waals surface area contributed by atoms with Crippen LogP contribution in [0.2, 0.25) is 0 Å². The average molecular weight is 215 g/mol. The van der Waals surface area contributed by atoms with Gasteiger partial charge in [0, 0.05) is 6.20 Å². The first-order valence-electron chi connectivity index (χ1n) is 4.60. The van der Waals surface area contributed by atoms with E-state index in [0.717, 1.165) is 0 Å². The summed E-state index contributed by atoms with van der Waals surface area (Å²) in [5, 5.41) is 8.63. The number of pyridine rings is 1. The van der Waals surface area contributed by atoms with Crippen molar-refractivity contribution in [3.63, 3.8) is 0 Å². The van der Waals surface area contributed by atoms with E-state index < -0.39 is 0 Å². The number of aromatic nitrogens is 1. The van der Waals surface area contributed by atoms with Gasteiger partial charge in [0.2, 0.25) is 5.88 Å². The number of nitrogens with two attached hydrogens (primary N) is 1. The van der Waals surface area contributed by atoms with Crippen LogP contribution in [-0.4, -0.2) is 4.98 Å². The summed E-state index contributed by atoms with van der Waals surface area (Å²) < 4.78 is 10.4. The molecule has 0 aromatic carbocycles. The first-order chi connectivity index (χ1) is 7.79. The summed E-state index contributed by atoms with van der Waals surface area (Å²) in [7, 11) is 0. The zero-order valence-electron chi connectivity index (χ0n) is 8.38. The molecule has 0 saturated carbocycles. The van der Waals surface area contributed by atoms with E-state index in [1.165, 1.54) is 12.3 Å². The first kappa shape index (κ1) is 10.1. The number of nitriles is 1. The number of anilines is 1. The maximum absolute atomic E-state index is 8.63. The molecule has 2 aromatic heterocycles. The number of ether oxygens (including phenoxy) is 1. The molecule has 5 nitrogen and oxygen atoms in total. The second-order valence-electron chi connectivity index (χ2n) is 3.10. The zero-order valence-corrected chi connectivity index (χ0v) is 8.38. The van der Waals surface area contributed by atoms with Gasteiger partial charge in [-0.3, -0.25) is 0 Å². The third-order valence-electron chi connectivity index (χ3n) is 1.94. The van der Waals surface area contributed by atoms with E-state index in [2.05, 4.69) is 4.98 Å². The number of nitrogen functional groups attached to an aromatic ring is 1. The Kier molecular flexibility index (Phi) is 2.74. The molecule has 80 valence electrons. The standard InChI is InChI=1S/C11H9N3O2/c12-5-8-4-10(13)11(14-6-8)16-7-9-2-1-3-15-9/h1-4,6H,7,13H2. The second kappa shape index (κ2) is 4.36. The largest absolute Gasteiger partial charge is 0.468 e. The Hall–Kier alpha value is -2.48. The smallest absolute Gasteiger partial charge is 0.237 e. The molecule has 0 saturated heterocycles. The van der Waals surface area contributed by atoms with Gasteiger partial charge in [0.25, 0.3) is 0 Å². The van der Waals surface area contributed by atoms with Crippen LogP contribution in [0.15, 0.2) is 35.1 Å². The molecular formula is C11H9N3O2. The van der Waals surface area contributed by atoms with Crippen molar-refractivity contribution in [2.45, 2.75) is 6.61 Å². The molecule has 0 spiro atoms. The van der Waals surface area contributed by atoms with E-state index in [4.69, 9.17) is 20.1 Å². The highest BCUT2D eigenvalue weighted by molar-refractivity contribution is 5.51. The number of hydrogen-bond donors (Lipinski definition) is 1. The fraction of sp³-hybridized carbons (Fsp3) is 0.0909. The Balaban J connectivity index is 2.08. The number of furan rings is 1. The summed E-state index contributed by atoms with van der Waals surface area (Å²) in [6.45, 7) is 0.260. The molecule has 2 N–H and O–H groups in total. The minimum atomic E-state index is 0.260. The van der Waals surface area contributed by atoms with Gasteiger partial charge in [0.05, 0.1) is 17.5 Å². The molecule has 5 heteroatoms. The van der Waals surface area contributed by atoms with Crippen LogP contribution in [0.1, 0.15) is 11.3 Å². The summed E-state index contributed by atoms with van der Waals surface area (Å²) in [4.78, 5) is 3.94. The topological polar surface area (TPSA) is 85.1 Å². The molecule has 0 aliphatic heterocycles. The third kappa shape index (κ3) is 2.12. The van der Waals surface area contributed by atoms with Crippen LogP contribution in [0.5, 0.6) is 5.88 Å². The Morgan fingerprint density at radius 1 is 1.56 bits per heavy atom. The Morgan fingerprint density at radius 3 is 3.06 bits per heavy atom. The SMILES string of the molecule is N#Cc1cnc(OCc2ccco2)c(N)c1. The molecule has 2 aromatic rings. The summed E-state index contributed by atoms with van der Waals surface area (Å²) in [5.41, 5.74) is 6.41. The molecule has 2 heterocycles. The quantitative estimate of drug-likeness (QED) is 0.842. The van der Waals surface area contributed by atoms with E-state index in [-0.39, 0.29) is 6.61 Å². The van der Waals surface area contributed by atoms with Crippen molar-refractivity contribution in [2.75, 3.05) is 5.73 Å². The summed E-state index contributed by atoms with van der Waals surface area (Å²) >= 11 is 0. The zero-order chi connectivity index (χ0) is 11.4. The normalized spacial score (nSPS) is 9.69. The van der Waals surface area contributed by atoms with Crippen molar-refractivity contribution in [2.24, 2.45) is 0 Å². The lowest BCUT2D eigenvalue weighted by Crippen LogP contribution is -2.00. The van der Waals surface area contributed by atoms with Crippen molar-refractivity contribution in [1.29, 1.82) is 5.26 Å². The number of nitrogens with zero attached hydrogens (tertiary/aromatic N) is 2. The van der Waals surface area contributed by atoms with Gasteiger partial charge in [-0.25, -0.2) is 4.98 Å². The lowest BCUT2D eigenvalue weighted by atomic mass is 10.3. The Morgan fingerprint density at radius 2 is 2.44 bits per heavy atom. The number of hydrogen-bond acceptors (Lipinski definition) is 5. The van der Waals surface area contributed by atoms with Crippen molar-refractivity contribution >= 4 is 5.69 Å². The molecule has 0 atom stereocenters. The molecule has 0 amide bonds. The van der Waals surface area contributed by atoms with Crippen molar-refractivity contribution in [1.82, 2.24) is 4.98 Å². The minimum Gasteiger partial charge on any atom is -0.468 e. The average Bonchev–Trinajstić information content (AvgIpc) is 2.80. The van der Waals surface area contributed by atoms with Gasteiger partial charge >= 0.3 is 0 Å². The molecule has 0 aliphatic carbocycles. The minimum absolute atomic E-state index is 0.260. The maximum atomic E-state index is 8.63. The maximum Gasteiger partial charge on any atom is 0.237 e. The fourth-order valence-corrected chi connectivity index (χ4v) is 1.19. The molecule has 2 rings (SSSR count). The molecule has 0 unspecified atom stereocenters. The van der Waals surface area contributed by atoms with E-state index in [0.29, 0.717) is 22.9 Å². The highest BCUT2D eigenvalue weighted by Gasteiger charge is 2.04. The van der Waals surface area contributed by atoms with E-state index >= 15 is 0 Å².